The lowest BCUT2D eigenvalue weighted by Crippen LogP contribution is -2.50. The Morgan fingerprint density at radius 2 is 2.04 bits per heavy atom. The first-order valence-electron chi connectivity index (χ1n) is 8.81. The van der Waals surface area contributed by atoms with Crippen LogP contribution in [-0.2, 0) is 7.05 Å². The van der Waals surface area contributed by atoms with Crippen molar-refractivity contribution in [1.82, 2.24) is 9.47 Å². The van der Waals surface area contributed by atoms with E-state index in [0.29, 0.717) is 17.8 Å². The van der Waals surface area contributed by atoms with Crippen LogP contribution < -0.4 is 5.73 Å². The Labute approximate surface area is 142 Å². The number of primary amides is 1. The van der Waals surface area contributed by atoms with Gasteiger partial charge in [0.05, 0.1) is 11.2 Å². The summed E-state index contributed by atoms with van der Waals surface area (Å²) < 4.78 is 1.66. The smallest absolute Gasteiger partial charge is 0.270 e. The van der Waals surface area contributed by atoms with E-state index in [-0.39, 0.29) is 17.9 Å². The highest BCUT2D eigenvalue weighted by molar-refractivity contribution is 5.99. The number of hydrogen-bond acceptors (Lipinski definition) is 3. The van der Waals surface area contributed by atoms with Crippen LogP contribution in [0.3, 0.4) is 0 Å². The van der Waals surface area contributed by atoms with E-state index in [1.54, 1.807) is 23.9 Å². The van der Waals surface area contributed by atoms with Crippen LogP contribution in [-0.4, -0.2) is 44.6 Å². The molecule has 3 rings (SSSR count). The second kappa shape index (κ2) is 6.24. The molecule has 1 aromatic heterocycles. The fourth-order valence-corrected chi connectivity index (χ4v) is 4.47. The second-order valence-corrected chi connectivity index (χ2v) is 7.51. The Morgan fingerprint density at radius 3 is 2.67 bits per heavy atom. The molecule has 1 aromatic rings. The summed E-state index contributed by atoms with van der Waals surface area (Å²) in [4.78, 5) is 26.3. The lowest BCUT2D eigenvalue weighted by atomic mass is 9.72. The lowest BCUT2D eigenvalue weighted by Gasteiger charge is -2.43. The van der Waals surface area contributed by atoms with Crippen molar-refractivity contribution in [3.8, 4) is 0 Å². The van der Waals surface area contributed by atoms with Gasteiger partial charge in [-0.25, -0.2) is 0 Å². The summed E-state index contributed by atoms with van der Waals surface area (Å²) in [5, 5.41) is 10.8. The van der Waals surface area contributed by atoms with Gasteiger partial charge in [-0.2, -0.15) is 0 Å². The number of aliphatic hydroxyl groups is 1. The molecule has 24 heavy (non-hydrogen) atoms. The minimum Gasteiger partial charge on any atom is -0.390 e. The van der Waals surface area contributed by atoms with Gasteiger partial charge in [-0.3, -0.25) is 9.59 Å². The number of hydrogen-bond donors (Lipinski definition) is 2. The molecule has 0 aromatic carbocycles. The van der Waals surface area contributed by atoms with Crippen molar-refractivity contribution < 1.29 is 14.7 Å². The van der Waals surface area contributed by atoms with Gasteiger partial charge in [-0.05, 0) is 38.7 Å². The highest BCUT2D eigenvalue weighted by atomic mass is 16.3. The third kappa shape index (κ3) is 2.95. The SMILES string of the molecule is Cn1cc(C(N)=O)cc1C(=O)N1CCC[C@@H]1[C@H]1CCCC[C@@]1(C)O. The summed E-state index contributed by atoms with van der Waals surface area (Å²) in [6.07, 6.45) is 7.39. The van der Waals surface area contributed by atoms with E-state index in [0.717, 1.165) is 38.5 Å². The molecule has 2 aliphatic rings. The molecule has 3 N–H and O–H groups in total. The molecule has 1 aliphatic heterocycles. The standard InChI is InChI=1S/C18H27N3O3/c1-18(24)8-4-3-6-13(18)14-7-5-9-21(14)17(23)15-10-12(16(19)22)11-20(15)2/h10-11,13-14,24H,3-9H2,1-2H3,(H2,19,22)/t13-,14-,18-/m1/s1. The number of carbonyl (C=O) groups is 2. The van der Waals surface area contributed by atoms with E-state index >= 15 is 0 Å². The highest BCUT2D eigenvalue weighted by Crippen LogP contribution is 2.41. The number of carbonyl (C=O) groups excluding carboxylic acids is 2. The Hall–Kier alpha value is -1.82. The molecule has 0 unspecified atom stereocenters. The molecule has 2 heterocycles. The summed E-state index contributed by atoms with van der Waals surface area (Å²) in [6.45, 7) is 2.61. The predicted molar refractivity (Wildman–Crippen MR) is 90.6 cm³/mol. The zero-order chi connectivity index (χ0) is 17.5. The maximum atomic E-state index is 13.0. The largest absolute Gasteiger partial charge is 0.390 e. The van der Waals surface area contributed by atoms with E-state index in [2.05, 4.69) is 0 Å². The molecule has 0 bridgehead atoms. The van der Waals surface area contributed by atoms with Crippen LogP contribution in [0.1, 0.15) is 66.3 Å². The van der Waals surface area contributed by atoms with E-state index in [1.165, 1.54) is 0 Å². The number of nitrogens with zero attached hydrogens (tertiary/aromatic N) is 2. The van der Waals surface area contributed by atoms with Gasteiger partial charge in [0.25, 0.3) is 5.91 Å². The Morgan fingerprint density at radius 1 is 1.29 bits per heavy atom. The molecular formula is C18H27N3O3. The average molecular weight is 333 g/mol. The molecule has 1 saturated carbocycles. The molecule has 0 spiro atoms. The number of rotatable bonds is 3. The van der Waals surface area contributed by atoms with E-state index in [1.807, 2.05) is 11.8 Å². The van der Waals surface area contributed by atoms with Crippen molar-refractivity contribution in [3.05, 3.63) is 23.5 Å². The van der Waals surface area contributed by atoms with Gasteiger partial charge in [0.15, 0.2) is 0 Å². The number of aryl methyl sites for hydroxylation is 1. The topological polar surface area (TPSA) is 88.6 Å². The van der Waals surface area contributed by atoms with Crippen LogP contribution in [0.4, 0.5) is 0 Å². The van der Waals surface area contributed by atoms with Crippen LogP contribution in [0, 0.1) is 5.92 Å². The van der Waals surface area contributed by atoms with Gasteiger partial charge in [0, 0.05) is 31.7 Å². The van der Waals surface area contributed by atoms with Crippen LogP contribution in [0.5, 0.6) is 0 Å². The van der Waals surface area contributed by atoms with Crippen molar-refractivity contribution in [3.63, 3.8) is 0 Å². The first kappa shape index (κ1) is 17.0. The molecule has 1 saturated heterocycles. The summed E-state index contributed by atoms with van der Waals surface area (Å²) in [6, 6.07) is 1.64. The van der Waals surface area contributed by atoms with Gasteiger partial charge in [-0.15, -0.1) is 0 Å². The van der Waals surface area contributed by atoms with Crippen LogP contribution >= 0.6 is 0 Å². The first-order chi connectivity index (χ1) is 11.3. The van der Waals surface area contributed by atoms with Crippen molar-refractivity contribution in [2.24, 2.45) is 18.7 Å². The van der Waals surface area contributed by atoms with Crippen LogP contribution in [0.25, 0.3) is 0 Å². The zero-order valence-electron chi connectivity index (χ0n) is 14.5. The Bertz CT molecular complexity index is 650. The van der Waals surface area contributed by atoms with E-state index in [9.17, 15) is 14.7 Å². The van der Waals surface area contributed by atoms with Crippen LogP contribution in [0.2, 0.25) is 0 Å². The summed E-state index contributed by atoms with van der Waals surface area (Å²) in [5.74, 6) is -0.486. The number of nitrogens with two attached hydrogens (primary N) is 1. The van der Waals surface area contributed by atoms with Crippen molar-refractivity contribution in [2.75, 3.05) is 6.54 Å². The molecule has 6 nitrogen and oxygen atoms in total. The maximum absolute atomic E-state index is 13.0. The summed E-state index contributed by atoms with van der Waals surface area (Å²) in [7, 11) is 1.75. The van der Waals surface area contributed by atoms with Gasteiger partial charge in [-0.1, -0.05) is 12.8 Å². The molecule has 2 fully saturated rings. The summed E-state index contributed by atoms with van der Waals surface area (Å²) in [5.41, 5.74) is 5.44. The monoisotopic (exact) mass is 333 g/mol. The zero-order valence-corrected chi connectivity index (χ0v) is 14.5. The maximum Gasteiger partial charge on any atom is 0.270 e. The van der Waals surface area contributed by atoms with Crippen molar-refractivity contribution in [2.45, 2.75) is 57.1 Å². The molecule has 6 heteroatoms. The minimum atomic E-state index is -0.710. The third-order valence-electron chi connectivity index (χ3n) is 5.78. The molecule has 2 amide bonds. The van der Waals surface area contributed by atoms with Crippen molar-refractivity contribution in [1.29, 1.82) is 0 Å². The van der Waals surface area contributed by atoms with Gasteiger partial charge >= 0.3 is 0 Å². The number of likely N-dealkylation sites (tertiary alicyclic amines) is 1. The summed E-state index contributed by atoms with van der Waals surface area (Å²) >= 11 is 0. The second-order valence-electron chi connectivity index (χ2n) is 7.51. The molecule has 132 valence electrons. The fraction of sp³-hybridized carbons (Fsp3) is 0.667. The molecule has 3 atom stereocenters. The molecule has 0 radical (unpaired) electrons. The van der Waals surface area contributed by atoms with Gasteiger partial charge in [0.1, 0.15) is 5.69 Å². The minimum absolute atomic E-state index is 0.0692. The predicted octanol–water partition coefficient (Wildman–Crippen LogP) is 1.67. The number of aromatic nitrogens is 1. The Balaban J connectivity index is 1.85. The fourth-order valence-electron chi connectivity index (χ4n) is 4.47. The molecule has 1 aliphatic carbocycles. The van der Waals surface area contributed by atoms with Crippen molar-refractivity contribution >= 4 is 11.8 Å². The third-order valence-corrected chi connectivity index (χ3v) is 5.78. The lowest BCUT2D eigenvalue weighted by molar-refractivity contribution is -0.0578. The first-order valence-corrected chi connectivity index (χ1v) is 8.81. The average Bonchev–Trinajstić information content (AvgIpc) is 3.13. The van der Waals surface area contributed by atoms with Crippen LogP contribution in [0.15, 0.2) is 12.3 Å². The highest BCUT2D eigenvalue weighted by Gasteiger charge is 2.45. The van der Waals surface area contributed by atoms with Gasteiger partial charge < -0.3 is 20.3 Å². The molecular weight excluding hydrogens is 306 g/mol. The number of amides is 2. The van der Waals surface area contributed by atoms with E-state index in [4.69, 9.17) is 5.73 Å². The Kier molecular flexibility index (Phi) is 4.42. The normalized spacial score (nSPS) is 30.5. The van der Waals surface area contributed by atoms with E-state index < -0.39 is 11.5 Å². The van der Waals surface area contributed by atoms with Gasteiger partial charge in [0.2, 0.25) is 5.91 Å². The quantitative estimate of drug-likeness (QED) is 0.882.